The molecule has 1 heterocycles. The van der Waals surface area contributed by atoms with E-state index in [1.54, 1.807) is 0 Å². The van der Waals surface area contributed by atoms with Gasteiger partial charge in [-0.25, -0.2) is 0 Å². The van der Waals surface area contributed by atoms with E-state index in [1.165, 1.54) is 37.7 Å². The van der Waals surface area contributed by atoms with Crippen LogP contribution < -0.4 is 5.32 Å². The molecule has 1 aromatic heterocycles. The molecule has 0 spiro atoms. The Morgan fingerprint density at radius 1 is 1.30 bits per heavy atom. The molecule has 1 aliphatic rings. The molecule has 2 heteroatoms. The second kappa shape index (κ2) is 6.71. The Hall–Kier alpha value is -0.890. The quantitative estimate of drug-likeness (QED) is 0.840. The fourth-order valence-corrected chi connectivity index (χ4v) is 3.41. The number of rotatable bonds is 5. The number of hydrogen-bond donors (Lipinski definition) is 1. The summed E-state index contributed by atoms with van der Waals surface area (Å²) in [5.74, 6) is 0.902. The maximum absolute atomic E-state index is 4.21. The highest BCUT2D eigenvalue weighted by Crippen LogP contribution is 2.40. The van der Waals surface area contributed by atoms with E-state index in [9.17, 15) is 0 Å². The number of nitrogens with zero attached hydrogens (tertiary/aromatic N) is 1. The lowest BCUT2D eigenvalue weighted by Gasteiger charge is -2.39. The number of pyridine rings is 1. The highest BCUT2D eigenvalue weighted by molar-refractivity contribution is 5.13. The minimum absolute atomic E-state index is 0.407. The Morgan fingerprint density at radius 3 is 2.55 bits per heavy atom. The van der Waals surface area contributed by atoms with Crippen molar-refractivity contribution in [3.63, 3.8) is 0 Å². The van der Waals surface area contributed by atoms with Gasteiger partial charge in [-0.1, -0.05) is 33.3 Å². The largest absolute Gasteiger partial charge is 0.307 e. The molecule has 2 nitrogen and oxygen atoms in total. The van der Waals surface area contributed by atoms with E-state index in [2.05, 4.69) is 44.1 Å². The lowest BCUT2D eigenvalue weighted by atomic mass is 9.69. The van der Waals surface area contributed by atoms with Crippen LogP contribution in [0.1, 0.15) is 71.4 Å². The van der Waals surface area contributed by atoms with E-state index in [-0.39, 0.29) is 0 Å². The zero-order chi connectivity index (χ0) is 14.6. The zero-order valence-electron chi connectivity index (χ0n) is 13.5. The third-order valence-electron chi connectivity index (χ3n) is 5.41. The van der Waals surface area contributed by atoms with E-state index in [0.717, 1.165) is 5.92 Å². The summed E-state index contributed by atoms with van der Waals surface area (Å²) in [7, 11) is 0. The molecular formula is C18H30N2. The molecule has 0 aliphatic heterocycles. The van der Waals surface area contributed by atoms with E-state index in [1.807, 2.05) is 18.5 Å². The smallest absolute Gasteiger partial charge is 0.0315 e. The molecule has 20 heavy (non-hydrogen) atoms. The van der Waals surface area contributed by atoms with Gasteiger partial charge in [0, 0.05) is 24.5 Å². The van der Waals surface area contributed by atoms with Crippen molar-refractivity contribution in [2.45, 2.75) is 71.9 Å². The van der Waals surface area contributed by atoms with Crippen LogP contribution in [-0.2, 0) is 0 Å². The van der Waals surface area contributed by atoms with Gasteiger partial charge >= 0.3 is 0 Å². The van der Waals surface area contributed by atoms with E-state index < -0.39 is 0 Å². The molecule has 1 N–H and O–H groups in total. The van der Waals surface area contributed by atoms with Crippen molar-refractivity contribution in [2.24, 2.45) is 11.3 Å². The van der Waals surface area contributed by atoms with Gasteiger partial charge in [-0.3, -0.25) is 4.98 Å². The van der Waals surface area contributed by atoms with Crippen molar-refractivity contribution in [3.05, 3.63) is 30.1 Å². The lowest BCUT2D eigenvalue weighted by molar-refractivity contribution is 0.134. The molecule has 0 radical (unpaired) electrons. The molecule has 1 aromatic rings. The third kappa shape index (κ3) is 3.82. The van der Waals surface area contributed by atoms with Crippen LogP contribution in [0.2, 0.25) is 0 Å². The van der Waals surface area contributed by atoms with Gasteiger partial charge in [-0.2, -0.15) is 0 Å². The zero-order valence-corrected chi connectivity index (χ0v) is 13.5. The van der Waals surface area contributed by atoms with Gasteiger partial charge in [-0.05, 0) is 55.6 Å². The fraction of sp³-hybridized carbons (Fsp3) is 0.722. The molecule has 0 bridgehead atoms. The van der Waals surface area contributed by atoms with Crippen molar-refractivity contribution >= 4 is 0 Å². The summed E-state index contributed by atoms with van der Waals surface area (Å²) < 4.78 is 0. The van der Waals surface area contributed by atoms with Crippen molar-refractivity contribution < 1.29 is 0 Å². The summed E-state index contributed by atoms with van der Waals surface area (Å²) in [4.78, 5) is 4.21. The van der Waals surface area contributed by atoms with Gasteiger partial charge in [0.05, 0.1) is 0 Å². The molecular weight excluding hydrogens is 244 g/mol. The van der Waals surface area contributed by atoms with Crippen molar-refractivity contribution in [1.29, 1.82) is 0 Å². The second-order valence-corrected chi connectivity index (χ2v) is 7.07. The molecule has 1 atom stereocenters. The monoisotopic (exact) mass is 274 g/mol. The van der Waals surface area contributed by atoms with Gasteiger partial charge in [0.15, 0.2) is 0 Å². The van der Waals surface area contributed by atoms with Gasteiger partial charge in [0.1, 0.15) is 0 Å². The first-order valence-corrected chi connectivity index (χ1v) is 8.19. The van der Waals surface area contributed by atoms with Crippen molar-refractivity contribution in [3.8, 4) is 0 Å². The minimum atomic E-state index is 0.407. The highest BCUT2D eigenvalue weighted by Gasteiger charge is 2.32. The van der Waals surface area contributed by atoms with E-state index in [0.29, 0.717) is 17.5 Å². The van der Waals surface area contributed by atoms with Gasteiger partial charge in [-0.15, -0.1) is 0 Å². The van der Waals surface area contributed by atoms with Crippen molar-refractivity contribution in [1.82, 2.24) is 10.3 Å². The van der Waals surface area contributed by atoms with Crippen LogP contribution >= 0.6 is 0 Å². The average molecular weight is 274 g/mol. The maximum atomic E-state index is 4.21. The first-order chi connectivity index (χ1) is 9.53. The van der Waals surface area contributed by atoms with Gasteiger partial charge in [0.2, 0.25) is 0 Å². The Kier molecular flexibility index (Phi) is 5.20. The Labute approximate surface area is 124 Å². The first-order valence-electron chi connectivity index (χ1n) is 8.19. The van der Waals surface area contributed by atoms with Gasteiger partial charge in [0.25, 0.3) is 0 Å². The fourth-order valence-electron chi connectivity index (χ4n) is 3.41. The standard InChI is InChI=1S/C18H30N2/c1-5-18(3,4)16-8-10-17(11-9-16)20-14(2)15-7-6-12-19-13-15/h6-7,12-14,16-17,20H,5,8-11H2,1-4H3. The van der Waals surface area contributed by atoms with Crippen LogP contribution in [-0.4, -0.2) is 11.0 Å². The molecule has 1 fully saturated rings. The van der Waals surface area contributed by atoms with E-state index >= 15 is 0 Å². The molecule has 1 aliphatic carbocycles. The van der Waals surface area contributed by atoms with Crippen LogP contribution in [0.25, 0.3) is 0 Å². The topological polar surface area (TPSA) is 24.9 Å². The Balaban J connectivity index is 1.83. The molecule has 0 saturated heterocycles. The summed E-state index contributed by atoms with van der Waals surface area (Å²) in [6.45, 7) is 9.45. The molecule has 1 unspecified atom stereocenters. The Bertz CT molecular complexity index is 391. The molecule has 1 saturated carbocycles. The van der Waals surface area contributed by atoms with Crippen LogP contribution in [0.3, 0.4) is 0 Å². The number of nitrogens with one attached hydrogen (secondary N) is 1. The molecule has 0 amide bonds. The lowest BCUT2D eigenvalue weighted by Crippen LogP contribution is -2.38. The molecule has 0 aromatic carbocycles. The second-order valence-electron chi connectivity index (χ2n) is 7.07. The third-order valence-corrected chi connectivity index (χ3v) is 5.41. The number of hydrogen-bond acceptors (Lipinski definition) is 2. The summed E-state index contributed by atoms with van der Waals surface area (Å²) in [5.41, 5.74) is 1.81. The Morgan fingerprint density at radius 2 is 2.00 bits per heavy atom. The molecule has 2 rings (SSSR count). The summed E-state index contributed by atoms with van der Waals surface area (Å²) in [6.07, 6.45) is 10.5. The molecule has 112 valence electrons. The first kappa shape index (κ1) is 15.5. The minimum Gasteiger partial charge on any atom is -0.307 e. The predicted molar refractivity (Wildman–Crippen MR) is 85.6 cm³/mol. The van der Waals surface area contributed by atoms with Crippen LogP contribution in [0.15, 0.2) is 24.5 Å². The van der Waals surface area contributed by atoms with Crippen LogP contribution in [0.4, 0.5) is 0 Å². The maximum Gasteiger partial charge on any atom is 0.0315 e. The van der Waals surface area contributed by atoms with Crippen LogP contribution in [0.5, 0.6) is 0 Å². The predicted octanol–water partition coefficient (Wildman–Crippen LogP) is 4.73. The van der Waals surface area contributed by atoms with E-state index in [4.69, 9.17) is 0 Å². The normalized spacial score (nSPS) is 25.4. The summed E-state index contributed by atoms with van der Waals surface area (Å²) in [5, 5.41) is 3.79. The van der Waals surface area contributed by atoms with Crippen molar-refractivity contribution in [2.75, 3.05) is 0 Å². The van der Waals surface area contributed by atoms with Gasteiger partial charge < -0.3 is 5.32 Å². The van der Waals surface area contributed by atoms with Crippen LogP contribution in [0, 0.1) is 11.3 Å². The SMILES string of the molecule is CCC(C)(C)C1CCC(NC(C)c2cccnc2)CC1. The number of aromatic nitrogens is 1. The summed E-state index contributed by atoms with van der Waals surface area (Å²) in [6, 6.07) is 5.27. The average Bonchev–Trinajstić information content (AvgIpc) is 2.48. The summed E-state index contributed by atoms with van der Waals surface area (Å²) >= 11 is 0. The highest BCUT2D eigenvalue weighted by atomic mass is 14.9.